The van der Waals surface area contributed by atoms with Crippen LogP contribution < -0.4 is 10.1 Å². The van der Waals surface area contributed by atoms with Gasteiger partial charge in [-0.1, -0.05) is 47.5 Å². The van der Waals surface area contributed by atoms with E-state index in [1.165, 1.54) is 14.0 Å². The first-order valence-corrected chi connectivity index (χ1v) is 9.14. The first kappa shape index (κ1) is 21.1. The van der Waals surface area contributed by atoms with Crippen LogP contribution >= 0.6 is 23.2 Å². The Morgan fingerprint density at radius 3 is 2.48 bits per heavy atom. The quantitative estimate of drug-likeness (QED) is 0.690. The van der Waals surface area contributed by atoms with Crippen molar-refractivity contribution in [1.82, 2.24) is 5.32 Å². The van der Waals surface area contributed by atoms with E-state index in [-0.39, 0.29) is 12.5 Å². The molecule has 0 aliphatic carbocycles. The number of benzene rings is 2. The highest BCUT2D eigenvalue weighted by atomic mass is 35.5. The van der Waals surface area contributed by atoms with Gasteiger partial charge < -0.3 is 14.8 Å². The Morgan fingerprint density at radius 2 is 1.81 bits per heavy atom. The molecule has 7 heteroatoms. The molecular formula is C20H21Cl2NO4. The SMILES string of the molecule is COc1ccccc1CC(=O)O[C@@H](C)C(=O)N[C@@H](C)c1ccc(Cl)cc1Cl. The largest absolute Gasteiger partial charge is 0.496 e. The molecule has 1 amide bonds. The molecule has 0 radical (unpaired) electrons. The maximum Gasteiger partial charge on any atom is 0.311 e. The van der Waals surface area contributed by atoms with Crippen molar-refractivity contribution < 1.29 is 19.1 Å². The number of carbonyl (C=O) groups is 2. The number of esters is 1. The monoisotopic (exact) mass is 409 g/mol. The first-order chi connectivity index (χ1) is 12.8. The topological polar surface area (TPSA) is 64.6 Å². The summed E-state index contributed by atoms with van der Waals surface area (Å²) in [6.45, 7) is 3.31. The summed E-state index contributed by atoms with van der Waals surface area (Å²) in [4.78, 5) is 24.5. The van der Waals surface area contributed by atoms with Gasteiger partial charge in [0.25, 0.3) is 5.91 Å². The summed E-state index contributed by atoms with van der Waals surface area (Å²) in [5.41, 5.74) is 1.42. The average molecular weight is 410 g/mol. The normalized spacial score (nSPS) is 12.8. The standard InChI is InChI=1S/C20H21Cl2NO4/c1-12(16-9-8-15(21)11-17(16)22)23-20(25)13(2)27-19(24)10-14-6-4-5-7-18(14)26-3/h4-9,11-13H,10H2,1-3H3,(H,23,25)/t12-,13-/m0/s1. The van der Waals surface area contributed by atoms with Crippen molar-refractivity contribution in [3.63, 3.8) is 0 Å². The van der Waals surface area contributed by atoms with Gasteiger partial charge in [-0.15, -0.1) is 0 Å². The van der Waals surface area contributed by atoms with E-state index in [4.69, 9.17) is 32.7 Å². The van der Waals surface area contributed by atoms with Gasteiger partial charge in [-0.05, 0) is 37.6 Å². The van der Waals surface area contributed by atoms with Crippen LogP contribution in [0.2, 0.25) is 10.0 Å². The van der Waals surface area contributed by atoms with Crippen molar-refractivity contribution in [1.29, 1.82) is 0 Å². The van der Waals surface area contributed by atoms with Gasteiger partial charge in [0.15, 0.2) is 6.10 Å². The predicted molar refractivity (Wildman–Crippen MR) is 105 cm³/mol. The van der Waals surface area contributed by atoms with Crippen LogP contribution in [0.1, 0.15) is 31.0 Å². The Morgan fingerprint density at radius 1 is 1.11 bits per heavy atom. The van der Waals surface area contributed by atoms with Gasteiger partial charge in [0.1, 0.15) is 5.75 Å². The molecule has 0 unspecified atom stereocenters. The minimum atomic E-state index is -0.944. The van der Waals surface area contributed by atoms with Crippen molar-refractivity contribution >= 4 is 35.1 Å². The summed E-state index contributed by atoms with van der Waals surface area (Å²) in [6.07, 6.45) is -0.930. The molecule has 0 bridgehead atoms. The predicted octanol–water partition coefficient (Wildman–Crippen LogP) is 4.35. The minimum absolute atomic E-state index is 0.0141. The summed E-state index contributed by atoms with van der Waals surface area (Å²) in [6, 6.07) is 11.8. The van der Waals surface area contributed by atoms with Gasteiger partial charge >= 0.3 is 5.97 Å². The molecule has 0 heterocycles. The summed E-state index contributed by atoms with van der Waals surface area (Å²) < 4.78 is 10.5. The van der Waals surface area contributed by atoms with Gasteiger partial charge in [-0.2, -0.15) is 0 Å². The summed E-state index contributed by atoms with van der Waals surface area (Å²) >= 11 is 12.0. The van der Waals surface area contributed by atoms with E-state index in [1.807, 2.05) is 6.07 Å². The number of rotatable bonds is 7. The van der Waals surface area contributed by atoms with Gasteiger partial charge in [-0.3, -0.25) is 9.59 Å². The highest BCUT2D eigenvalue weighted by Crippen LogP contribution is 2.26. The van der Waals surface area contributed by atoms with E-state index in [2.05, 4.69) is 5.32 Å². The fourth-order valence-corrected chi connectivity index (χ4v) is 3.13. The molecule has 0 aromatic heterocycles. The molecule has 2 aromatic carbocycles. The van der Waals surface area contributed by atoms with Gasteiger partial charge in [0, 0.05) is 15.6 Å². The molecule has 0 aliphatic heterocycles. The molecular weight excluding hydrogens is 389 g/mol. The van der Waals surface area contributed by atoms with E-state index in [0.717, 1.165) is 5.56 Å². The van der Waals surface area contributed by atoms with Crippen LogP contribution in [-0.4, -0.2) is 25.1 Å². The molecule has 0 aliphatic rings. The second-order valence-corrected chi connectivity index (χ2v) is 6.86. The van der Waals surface area contributed by atoms with Crippen molar-refractivity contribution in [2.24, 2.45) is 0 Å². The molecule has 2 aromatic rings. The molecule has 0 spiro atoms. The zero-order valence-electron chi connectivity index (χ0n) is 15.3. The van der Waals surface area contributed by atoms with Crippen LogP contribution in [0.3, 0.4) is 0 Å². The van der Waals surface area contributed by atoms with Crippen LogP contribution in [0, 0.1) is 0 Å². The Labute approximate surface area is 168 Å². The lowest BCUT2D eigenvalue weighted by atomic mass is 10.1. The second-order valence-electron chi connectivity index (χ2n) is 6.02. The van der Waals surface area contributed by atoms with E-state index in [0.29, 0.717) is 21.4 Å². The Kier molecular flexibility index (Phi) is 7.51. The van der Waals surface area contributed by atoms with Crippen molar-refractivity contribution in [2.75, 3.05) is 7.11 Å². The highest BCUT2D eigenvalue weighted by molar-refractivity contribution is 6.35. The summed E-state index contributed by atoms with van der Waals surface area (Å²) in [5.74, 6) is -0.334. The number of hydrogen-bond donors (Lipinski definition) is 1. The average Bonchev–Trinajstić information content (AvgIpc) is 2.61. The third-order valence-corrected chi connectivity index (χ3v) is 4.55. The van der Waals surface area contributed by atoms with Crippen LogP contribution in [-0.2, 0) is 20.7 Å². The zero-order chi connectivity index (χ0) is 20.0. The van der Waals surface area contributed by atoms with Crippen LogP contribution in [0.25, 0.3) is 0 Å². The third kappa shape index (κ3) is 5.88. The summed E-state index contributed by atoms with van der Waals surface area (Å²) in [5, 5.41) is 3.75. The lowest BCUT2D eigenvalue weighted by Crippen LogP contribution is -2.37. The third-order valence-electron chi connectivity index (χ3n) is 3.99. The molecule has 0 saturated heterocycles. The lowest BCUT2D eigenvalue weighted by molar-refractivity contribution is -0.154. The number of halogens is 2. The smallest absolute Gasteiger partial charge is 0.311 e. The number of para-hydroxylation sites is 1. The number of amides is 1. The molecule has 2 atom stereocenters. The molecule has 0 saturated carbocycles. The van der Waals surface area contributed by atoms with Gasteiger partial charge in [0.2, 0.25) is 0 Å². The second kappa shape index (κ2) is 9.62. The molecule has 0 fully saturated rings. The highest BCUT2D eigenvalue weighted by Gasteiger charge is 2.21. The van der Waals surface area contributed by atoms with Crippen LogP contribution in [0.15, 0.2) is 42.5 Å². The van der Waals surface area contributed by atoms with Gasteiger partial charge in [-0.25, -0.2) is 0 Å². The van der Waals surface area contributed by atoms with Gasteiger partial charge in [0.05, 0.1) is 19.6 Å². The summed E-state index contributed by atoms with van der Waals surface area (Å²) in [7, 11) is 1.53. The number of carbonyl (C=O) groups excluding carboxylic acids is 2. The Balaban J connectivity index is 1.93. The maximum absolute atomic E-state index is 12.3. The van der Waals surface area contributed by atoms with E-state index in [9.17, 15) is 9.59 Å². The maximum atomic E-state index is 12.3. The first-order valence-electron chi connectivity index (χ1n) is 8.38. The fourth-order valence-electron chi connectivity index (χ4n) is 2.56. The lowest BCUT2D eigenvalue weighted by Gasteiger charge is -2.19. The zero-order valence-corrected chi connectivity index (χ0v) is 16.8. The van der Waals surface area contributed by atoms with E-state index in [1.54, 1.807) is 43.3 Å². The number of nitrogens with one attached hydrogen (secondary N) is 1. The molecule has 144 valence electrons. The Bertz CT molecular complexity index is 825. The van der Waals surface area contributed by atoms with Crippen molar-refractivity contribution in [3.05, 3.63) is 63.6 Å². The Hall–Kier alpha value is -2.24. The van der Waals surface area contributed by atoms with E-state index < -0.39 is 18.0 Å². The molecule has 27 heavy (non-hydrogen) atoms. The van der Waals surface area contributed by atoms with Crippen LogP contribution in [0.4, 0.5) is 0 Å². The molecule has 2 rings (SSSR count). The number of methoxy groups -OCH3 is 1. The van der Waals surface area contributed by atoms with Crippen molar-refractivity contribution in [2.45, 2.75) is 32.4 Å². The minimum Gasteiger partial charge on any atom is -0.496 e. The van der Waals surface area contributed by atoms with Crippen molar-refractivity contribution in [3.8, 4) is 5.75 Å². The number of ether oxygens (including phenoxy) is 2. The number of hydrogen-bond acceptors (Lipinski definition) is 4. The molecule has 5 nitrogen and oxygen atoms in total. The molecule has 1 N–H and O–H groups in total. The fraction of sp³-hybridized carbons (Fsp3) is 0.300. The van der Waals surface area contributed by atoms with Crippen LogP contribution in [0.5, 0.6) is 5.75 Å². The van der Waals surface area contributed by atoms with E-state index >= 15 is 0 Å².